The largest absolute Gasteiger partial charge is 0.306 e. The number of benzene rings is 1. The molecule has 0 bridgehead atoms. The molecule has 2 atom stereocenters. The van der Waals surface area contributed by atoms with Crippen LogP contribution in [0.2, 0.25) is 5.02 Å². The van der Waals surface area contributed by atoms with Crippen molar-refractivity contribution in [1.29, 1.82) is 0 Å². The van der Waals surface area contributed by atoms with Crippen molar-refractivity contribution in [3.63, 3.8) is 0 Å². The number of fused-ring (bicyclic) bond motifs is 1. The number of hydrogen-bond acceptors (Lipinski definition) is 1. The lowest BCUT2D eigenvalue weighted by Gasteiger charge is -2.11. The van der Waals surface area contributed by atoms with E-state index in [1.807, 2.05) is 25.1 Å². The molecule has 1 aliphatic carbocycles. The minimum absolute atomic E-state index is 0.184. The number of aryl methyl sites for hydroxylation is 1. The summed E-state index contributed by atoms with van der Waals surface area (Å²) in [4.78, 5) is 12.3. The SMILES string of the molecule is Cc1cc2cccc(Cl)c2c(=O)n1C1CC1F. The third-order valence-corrected chi connectivity index (χ3v) is 3.55. The molecule has 88 valence electrons. The Bertz CT molecular complexity index is 664. The van der Waals surface area contributed by atoms with E-state index >= 15 is 0 Å². The van der Waals surface area contributed by atoms with Crippen LogP contribution in [0.4, 0.5) is 4.39 Å². The van der Waals surface area contributed by atoms with E-state index in [1.54, 1.807) is 6.07 Å². The molecule has 2 unspecified atom stereocenters. The molecule has 3 rings (SSSR count). The Balaban J connectivity index is 2.38. The van der Waals surface area contributed by atoms with E-state index in [0.717, 1.165) is 11.1 Å². The van der Waals surface area contributed by atoms with Crippen LogP contribution < -0.4 is 5.56 Å². The summed E-state index contributed by atoms with van der Waals surface area (Å²) in [5.41, 5.74) is 0.602. The second-order valence-corrected chi connectivity index (χ2v) is 4.89. The van der Waals surface area contributed by atoms with Gasteiger partial charge in [-0.1, -0.05) is 23.7 Å². The number of rotatable bonds is 1. The van der Waals surface area contributed by atoms with Gasteiger partial charge >= 0.3 is 0 Å². The molecular weight excluding hydrogens is 241 g/mol. The van der Waals surface area contributed by atoms with Crippen LogP contribution in [-0.4, -0.2) is 10.7 Å². The second-order valence-electron chi connectivity index (χ2n) is 4.48. The number of alkyl halides is 1. The van der Waals surface area contributed by atoms with Crippen molar-refractivity contribution in [3.8, 4) is 0 Å². The van der Waals surface area contributed by atoms with Gasteiger partial charge in [0.2, 0.25) is 0 Å². The molecule has 4 heteroatoms. The number of halogens is 2. The van der Waals surface area contributed by atoms with Crippen molar-refractivity contribution in [2.24, 2.45) is 0 Å². The van der Waals surface area contributed by atoms with Crippen LogP contribution in [0.25, 0.3) is 10.8 Å². The van der Waals surface area contributed by atoms with Crippen LogP contribution in [0.5, 0.6) is 0 Å². The zero-order chi connectivity index (χ0) is 12.2. The van der Waals surface area contributed by atoms with Crippen LogP contribution in [0, 0.1) is 6.92 Å². The lowest BCUT2D eigenvalue weighted by molar-refractivity contribution is 0.436. The van der Waals surface area contributed by atoms with Gasteiger partial charge < -0.3 is 4.57 Å². The second kappa shape index (κ2) is 3.57. The molecule has 1 aromatic carbocycles. The fourth-order valence-electron chi connectivity index (χ4n) is 2.29. The fraction of sp³-hybridized carbons (Fsp3) is 0.308. The average Bonchev–Trinajstić information content (AvgIpc) is 2.94. The molecule has 0 saturated heterocycles. The van der Waals surface area contributed by atoms with Gasteiger partial charge in [-0.2, -0.15) is 0 Å². The summed E-state index contributed by atoms with van der Waals surface area (Å²) in [6.07, 6.45) is -0.470. The summed E-state index contributed by atoms with van der Waals surface area (Å²) in [7, 11) is 0. The van der Waals surface area contributed by atoms with E-state index in [0.29, 0.717) is 16.8 Å². The van der Waals surface area contributed by atoms with Crippen molar-refractivity contribution in [3.05, 3.63) is 45.3 Å². The molecule has 0 N–H and O–H groups in total. The van der Waals surface area contributed by atoms with Crippen LogP contribution in [-0.2, 0) is 0 Å². The predicted octanol–water partition coefficient (Wildman–Crippen LogP) is 3.25. The van der Waals surface area contributed by atoms with Gasteiger partial charge in [0.15, 0.2) is 0 Å². The van der Waals surface area contributed by atoms with Crippen LogP contribution in [0.1, 0.15) is 18.2 Å². The Kier molecular flexibility index (Phi) is 2.26. The molecule has 1 saturated carbocycles. The minimum Gasteiger partial charge on any atom is -0.306 e. The maximum absolute atomic E-state index is 13.1. The maximum Gasteiger partial charge on any atom is 0.260 e. The predicted molar refractivity (Wildman–Crippen MR) is 66.5 cm³/mol. The summed E-state index contributed by atoms with van der Waals surface area (Å²) in [6, 6.07) is 6.92. The lowest BCUT2D eigenvalue weighted by Crippen LogP contribution is -2.22. The van der Waals surface area contributed by atoms with Crippen LogP contribution in [0.3, 0.4) is 0 Å². The number of hydrogen-bond donors (Lipinski definition) is 0. The molecule has 1 aromatic heterocycles. The first-order valence-electron chi connectivity index (χ1n) is 5.54. The van der Waals surface area contributed by atoms with Crippen molar-refractivity contribution >= 4 is 22.4 Å². The Morgan fingerprint density at radius 1 is 1.47 bits per heavy atom. The number of pyridine rings is 1. The fourth-order valence-corrected chi connectivity index (χ4v) is 2.56. The molecule has 0 spiro atoms. The van der Waals surface area contributed by atoms with Gasteiger partial charge in [-0.15, -0.1) is 0 Å². The average molecular weight is 252 g/mol. The molecular formula is C13H11ClFNO. The molecule has 17 heavy (non-hydrogen) atoms. The Hall–Kier alpha value is -1.35. The Morgan fingerprint density at radius 2 is 2.18 bits per heavy atom. The van der Waals surface area contributed by atoms with Gasteiger partial charge in [0, 0.05) is 12.1 Å². The molecule has 0 radical (unpaired) electrons. The highest BCUT2D eigenvalue weighted by Crippen LogP contribution is 2.39. The van der Waals surface area contributed by atoms with Gasteiger partial charge in [-0.05, 0) is 24.4 Å². The summed E-state index contributed by atoms with van der Waals surface area (Å²) < 4.78 is 14.7. The topological polar surface area (TPSA) is 22.0 Å². The maximum atomic E-state index is 13.1. The van der Waals surface area contributed by atoms with E-state index in [2.05, 4.69) is 0 Å². The third kappa shape index (κ3) is 1.57. The minimum atomic E-state index is -0.897. The third-order valence-electron chi connectivity index (χ3n) is 3.24. The van der Waals surface area contributed by atoms with Gasteiger partial charge in [-0.3, -0.25) is 4.79 Å². The summed E-state index contributed by atoms with van der Waals surface area (Å²) in [5, 5.41) is 1.73. The molecule has 1 aliphatic rings. The normalized spacial score (nSPS) is 23.0. The number of nitrogens with zero attached hydrogens (tertiary/aromatic N) is 1. The first kappa shape index (κ1) is 10.8. The van der Waals surface area contributed by atoms with E-state index in [-0.39, 0.29) is 11.6 Å². The van der Waals surface area contributed by atoms with Crippen molar-refractivity contribution in [2.75, 3.05) is 0 Å². The molecule has 2 aromatic rings. The van der Waals surface area contributed by atoms with Crippen LogP contribution >= 0.6 is 11.6 Å². The Labute approximate surface area is 103 Å². The molecule has 0 amide bonds. The summed E-state index contributed by atoms with van der Waals surface area (Å²) in [5.74, 6) is 0. The Morgan fingerprint density at radius 3 is 2.82 bits per heavy atom. The van der Waals surface area contributed by atoms with E-state index in [4.69, 9.17) is 11.6 Å². The van der Waals surface area contributed by atoms with Crippen molar-refractivity contribution in [2.45, 2.75) is 25.6 Å². The van der Waals surface area contributed by atoms with Gasteiger partial charge in [-0.25, -0.2) is 4.39 Å². The summed E-state index contributed by atoms with van der Waals surface area (Å²) >= 11 is 6.04. The van der Waals surface area contributed by atoms with Crippen molar-refractivity contribution in [1.82, 2.24) is 4.57 Å². The van der Waals surface area contributed by atoms with Crippen LogP contribution in [0.15, 0.2) is 29.1 Å². The van der Waals surface area contributed by atoms with Crippen molar-refractivity contribution < 1.29 is 4.39 Å². The number of aromatic nitrogens is 1. The van der Waals surface area contributed by atoms with E-state index in [9.17, 15) is 9.18 Å². The zero-order valence-electron chi connectivity index (χ0n) is 9.28. The standard InChI is InChI=1S/C13H11ClFNO/c1-7-5-8-3-2-4-9(14)12(8)13(17)16(7)11-6-10(11)15/h2-5,10-11H,6H2,1H3. The molecule has 2 nitrogen and oxygen atoms in total. The molecule has 1 heterocycles. The highest BCUT2D eigenvalue weighted by atomic mass is 35.5. The smallest absolute Gasteiger partial charge is 0.260 e. The summed E-state index contributed by atoms with van der Waals surface area (Å²) in [6.45, 7) is 1.83. The zero-order valence-corrected chi connectivity index (χ0v) is 10.0. The highest BCUT2D eigenvalue weighted by Gasteiger charge is 2.40. The van der Waals surface area contributed by atoms with Gasteiger partial charge in [0.05, 0.1) is 16.5 Å². The first-order valence-corrected chi connectivity index (χ1v) is 5.92. The molecule has 1 fully saturated rings. The quantitative estimate of drug-likeness (QED) is 0.763. The monoisotopic (exact) mass is 251 g/mol. The van der Waals surface area contributed by atoms with Gasteiger partial charge in [0.1, 0.15) is 6.17 Å². The van der Waals surface area contributed by atoms with E-state index in [1.165, 1.54) is 4.57 Å². The van der Waals surface area contributed by atoms with E-state index < -0.39 is 6.17 Å². The molecule has 0 aliphatic heterocycles. The first-order chi connectivity index (χ1) is 8.09. The van der Waals surface area contributed by atoms with Gasteiger partial charge in [0.25, 0.3) is 5.56 Å². The lowest BCUT2D eigenvalue weighted by atomic mass is 10.1. The highest BCUT2D eigenvalue weighted by molar-refractivity contribution is 6.35.